The predicted molar refractivity (Wildman–Crippen MR) is 181 cm³/mol. The van der Waals surface area contributed by atoms with Crippen LogP contribution in [-0.4, -0.2) is 23.7 Å². The third-order valence-corrected chi connectivity index (χ3v) is 10.5. The molecule has 2 fully saturated rings. The summed E-state index contributed by atoms with van der Waals surface area (Å²) in [5.74, 6) is 5.48. The molecule has 0 saturated heterocycles. The second kappa shape index (κ2) is 14.9. The molecule has 2 aromatic carbocycles. The minimum atomic E-state index is -0.826. The third-order valence-electron chi connectivity index (χ3n) is 10.5. The number of nitrogens with zero attached hydrogens (tertiary/aromatic N) is 1. The molecular weight excluding hydrogens is 619 g/mol. The van der Waals surface area contributed by atoms with Crippen molar-refractivity contribution in [1.29, 1.82) is 0 Å². The molecule has 220 valence electrons. The van der Waals surface area contributed by atoms with Gasteiger partial charge in [-0.2, -0.15) is 0 Å². The Hall–Kier alpha value is -0.592. The molecule has 1 nitrogen and oxygen atoms in total. The molecule has 6 rings (SSSR count). The Bertz CT molecular complexity index is 1110. The summed E-state index contributed by atoms with van der Waals surface area (Å²) in [6.07, 6.45) is 12.8. The molecule has 41 heavy (non-hydrogen) atoms. The van der Waals surface area contributed by atoms with E-state index in [1.165, 1.54) is 24.0 Å². The van der Waals surface area contributed by atoms with Crippen LogP contribution in [0, 0.1) is 38.5 Å². The molecule has 0 aliphatic heterocycles. The maximum absolute atomic E-state index is 4.93. The topological polar surface area (TPSA) is 3.24 Å². The van der Waals surface area contributed by atoms with Crippen molar-refractivity contribution in [3.8, 4) is 0 Å². The van der Waals surface area contributed by atoms with E-state index in [-0.39, 0.29) is 14.9 Å². The summed E-state index contributed by atoms with van der Waals surface area (Å²) in [5, 5.41) is 0. The Kier molecular flexibility index (Phi) is 12.7. The molecule has 8 unspecified atom stereocenters. The number of allylic oxidation sites excluding steroid dienone is 2. The van der Waals surface area contributed by atoms with Crippen molar-refractivity contribution in [3.05, 3.63) is 97.8 Å². The monoisotopic (exact) mass is 667 g/mol. The fraction of sp³-hybridized carbons (Fsp3) is 0.500. The Morgan fingerprint density at radius 2 is 1.07 bits per heavy atom. The van der Waals surface area contributed by atoms with Gasteiger partial charge in [-0.25, -0.2) is 0 Å². The molecule has 0 heterocycles. The first kappa shape index (κ1) is 34.9. The number of benzene rings is 2. The van der Waals surface area contributed by atoms with Gasteiger partial charge >= 0.3 is 37.9 Å². The third kappa shape index (κ3) is 6.60. The van der Waals surface area contributed by atoms with E-state index in [0.717, 1.165) is 11.8 Å². The number of halogens is 2. The molecule has 0 aromatic heterocycles. The van der Waals surface area contributed by atoms with Crippen molar-refractivity contribution in [1.82, 2.24) is 4.81 Å². The molecule has 8 atom stereocenters. The van der Waals surface area contributed by atoms with Gasteiger partial charge in [0.25, 0.3) is 0 Å². The summed E-state index contributed by atoms with van der Waals surface area (Å²) >= 11 is -0.826. The van der Waals surface area contributed by atoms with Crippen molar-refractivity contribution in [2.45, 2.75) is 89.9 Å². The van der Waals surface area contributed by atoms with E-state index < -0.39 is 20.8 Å². The molecular formula is C36H50BCl2NZr. The zero-order valence-corrected chi connectivity index (χ0v) is 30.4. The van der Waals surface area contributed by atoms with Crippen LogP contribution in [-0.2, 0) is 20.8 Å². The van der Waals surface area contributed by atoms with Gasteiger partial charge in [-0.15, -0.1) is 0 Å². The molecule has 5 heteroatoms. The van der Waals surface area contributed by atoms with Crippen LogP contribution in [0.15, 0.2) is 60.7 Å². The summed E-state index contributed by atoms with van der Waals surface area (Å²) in [5.41, 5.74) is 6.10. The molecule has 0 radical (unpaired) electrons. The molecule has 0 N–H and O–H groups in total. The zero-order valence-electron chi connectivity index (χ0n) is 26.4. The Morgan fingerprint density at radius 1 is 0.707 bits per heavy atom. The van der Waals surface area contributed by atoms with Crippen LogP contribution in [0.5, 0.6) is 0 Å². The van der Waals surface area contributed by atoms with Crippen molar-refractivity contribution in [2.75, 3.05) is 0 Å². The van der Waals surface area contributed by atoms with Crippen molar-refractivity contribution < 1.29 is 20.8 Å². The van der Waals surface area contributed by atoms with Gasteiger partial charge in [-0.05, 0) is 94.3 Å². The second-order valence-electron chi connectivity index (χ2n) is 13.1. The van der Waals surface area contributed by atoms with Crippen LogP contribution < -0.4 is 0 Å². The Balaban J connectivity index is 0.000000887. The van der Waals surface area contributed by atoms with Crippen LogP contribution >= 0.6 is 17.0 Å². The van der Waals surface area contributed by atoms with E-state index in [1.807, 2.05) is 0 Å². The van der Waals surface area contributed by atoms with Gasteiger partial charge in [0.05, 0.1) is 0 Å². The Morgan fingerprint density at radius 3 is 1.44 bits per heavy atom. The first-order valence-corrected chi connectivity index (χ1v) is 21.4. The molecule has 2 saturated carbocycles. The van der Waals surface area contributed by atoms with E-state index in [4.69, 9.17) is 17.0 Å². The summed E-state index contributed by atoms with van der Waals surface area (Å²) in [6.45, 7) is 15.5. The van der Waals surface area contributed by atoms with Crippen LogP contribution in [0.3, 0.4) is 0 Å². The normalized spacial score (nSPS) is 30.2. The van der Waals surface area contributed by atoms with E-state index >= 15 is 0 Å². The molecule has 4 aliphatic rings. The summed E-state index contributed by atoms with van der Waals surface area (Å²) < 4.78 is 0. The van der Waals surface area contributed by atoms with E-state index in [2.05, 4.69) is 119 Å². The first-order chi connectivity index (χ1) is 18.8. The average molecular weight is 670 g/mol. The first-order valence-electron chi connectivity index (χ1n) is 15.1. The van der Waals surface area contributed by atoms with Crippen molar-refractivity contribution >= 4 is 36.0 Å². The van der Waals surface area contributed by atoms with Gasteiger partial charge in [0.15, 0.2) is 0 Å². The van der Waals surface area contributed by atoms with Gasteiger partial charge in [0.1, 0.15) is 0 Å². The SMILES string of the molecule is CC1CC2c3ccccc3C=CC2C1B(C1C(C)CC2c3ccccc3C=CC21)N(C(C)C)C(C)C.[CH3-].[CH3-].[Cl][Zr+2][Cl]. The fourth-order valence-corrected chi connectivity index (χ4v) is 9.42. The molecule has 0 spiro atoms. The second-order valence-corrected chi connectivity index (χ2v) is 16.9. The number of hydrogen-bond donors (Lipinski definition) is 0. The zero-order chi connectivity index (χ0) is 27.8. The minimum absolute atomic E-state index is 0. The van der Waals surface area contributed by atoms with Crippen LogP contribution in [0.4, 0.5) is 0 Å². The molecule has 2 aromatic rings. The molecule has 0 bridgehead atoms. The maximum atomic E-state index is 4.93. The number of hydrogen-bond acceptors (Lipinski definition) is 1. The number of fused-ring (bicyclic) bond motifs is 6. The summed E-state index contributed by atoms with van der Waals surface area (Å²) in [6, 6.07) is 19.5. The van der Waals surface area contributed by atoms with E-state index in [0.29, 0.717) is 54.2 Å². The van der Waals surface area contributed by atoms with Gasteiger partial charge in [-0.3, -0.25) is 0 Å². The summed E-state index contributed by atoms with van der Waals surface area (Å²) in [4.78, 5) is 2.94. The van der Waals surface area contributed by atoms with Gasteiger partial charge in [0, 0.05) is 0 Å². The molecule has 0 amide bonds. The fourth-order valence-electron chi connectivity index (χ4n) is 9.42. The van der Waals surface area contributed by atoms with Gasteiger partial charge in [-0.1, -0.05) is 114 Å². The number of rotatable bonds is 5. The van der Waals surface area contributed by atoms with Gasteiger partial charge in [0.2, 0.25) is 6.85 Å². The average Bonchev–Trinajstić information content (AvgIpc) is 3.43. The Labute approximate surface area is 271 Å². The predicted octanol–water partition coefficient (Wildman–Crippen LogP) is 11.0. The van der Waals surface area contributed by atoms with Crippen LogP contribution in [0.25, 0.3) is 12.2 Å². The molecule has 4 aliphatic carbocycles. The standard InChI is InChI=1S/C34H44BN.2CH3.2ClH.Zr/c1-21(2)36(22(3)4)35(33-23(5)19-31-27-13-9-7-11-25(27)15-17-29(31)33)34-24(6)20-32-28-14-10-8-12-26(28)16-18-30(32)34;;;;;/h7-18,21-24,29-34H,19-20H2,1-6H3;2*1H3;2*1H;/q;2*-1;;;+4/p-2. The van der Waals surface area contributed by atoms with Gasteiger partial charge < -0.3 is 19.7 Å². The van der Waals surface area contributed by atoms with Crippen molar-refractivity contribution in [2.24, 2.45) is 23.7 Å². The summed E-state index contributed by atoms with van der Waals surface area (Å²) in [7, 11) is 9.87. The van der Waals surface area contributed by atoms with E-state index in [9.17, 15) is 0 Å². The van der Waals surface area contributed by atoms with Crippen LogP contribution in [0.1, 0.15) is 88.5 Å². The van der Waals surface area contributed by atoms with Crippen LogP contribution in [0.2, 0.25) is 11.6 Å². The van der Waals surface area contributed by atoms with E-state index in [1.54, 1.807) is 11.1 Å². The van der Waals surface area contributed by atoms with Crippen molar-refractivity contribution in [3.63, 3.8) is 0 Å². The quantitative estimate of drug-likeness (QED) is 0.226.